The van der Waals surface area contributed by atoms with Crippen molar-refractivity contribution >= 4 is 15.9 Å². The van der Waals surface area contributed by atoms with Crippen LogP contribution in [0.1, 0.15) is 23.9 Å². The van der Waals surface area contributed by atoms with Crippen LogP contribution in [0.2, 0.25) is 0 Å². The lowest BCUT2D eigenvalue weighted by Crippen LogP contribution is -1.99. The van der Waals surface area contributed by atoms with Gasteiger partial charge in [0.25, 0.3) is 0 Å². The van der Waals surface area contributed by atoms with Crippen molar-refractivity contribution in [2.45, 2.75) is 27.2 Å². The molecule has 1 aromatic carbocycles. The molecule has 0 fully saturated rings. The van der Waals surface area contributed by atoms with Crippen LogP contribution in [0.3, 0.4) is 0 Å². The summed E-state index contributed by atoms with van der Waals surface area (Å²) in [5.74, 6) is 0. The van der Waals surface area contributed by atoms with Gasteiger partial charge in [-0.25, -0.2) is 4.68 Å². The number of aryl methyl sites for hydroxylation is 1. The standard InChI is InChI=1S/C13H15BrN2/c1-4-13-9(2)15-16(10(13)3)12-7-5-11(14)6-8-12/h5-8H,4H2,1-3H3. The van der Waals surface area contributed by atoms with Gasteiger partial charge in [-0.3, -0.25) is 0 Å². The van der Waals surface area contributed by atoms with E-state index in [-0.39, 0.29) is 0 Å². The second kappa shape index (κ2) is 4.42. The number of hydrogen-bond donors (Lipinski definition) is 0. The van der Waals surface area contributed by atoms with Crippen molar-refractivity contribution in [1.29, 1.82) is 0 Å². The van der Waals surface area contributed by atoms with E-state index in [2.05, 4.69) is 53.9 Å². The van der Waals surface area contributed by atoms with Crippen molar-refractivity contribution in [3.63, 3.8) is 0 Å². The highest BCUT2D eigenvalue weighted by Gasteiger charge is 2.10. The summed E-state index contributed by atoms with van der Waals surface area (Å²) in [6.45, 7) is 6.37. The van der Waals surface area contributed by atoms with Gasteiger partial charge in [0.2, 0.25) is 0 Å². The maximum Gasteiger partial charge on any atom is 0.0649 e. The quantitative estimate of drug-likeness (QED) is 0.817. The van der Waals surface area contributed by atoms with E-state index in [1.807, 2.05) is 16.8 Å². The van der Waals surface area contributed by atoms with Crippen LogP contribution >= 0.6 is 15.9 Å². The molecule has 2 nitrogen and oxygen atoms in total. The van der Waals surface area contributed by atoms with E-state index >= 15 is 0 Å². The first-order valence-electron chi connectivity index (χ1n) is 5.44. The second-order valence-electron chi connectivity index (χ2n) is 3.89. The first-order valence-corrected chi connectivity index (χ1v) is 6.23. The normalized spacial score (nSPS) is 10.8. The summed E-state index contributed by atoms with van der Waals surface area (Å²) in [4.78, 5) is 0. The highest BCUT2D eigenvalue weighted by molar-refractivity contribution is 9.10. The van der Waals surface area contributed by atoms with Crippen LogP contribution in [0, 0.1) is 13.8 Å². The van der Waals surface area contributed by atoms with Crippen LogP contribution in [-0.4, -0.2) is 9.78 Å². The van der Waals surface area contributed by atoms with Crippen molar-refractivity contribution in [2.24, 2.45) is 0 Å². The number of halogens is 1. The fourth-order valence-electron chi connectivity index (χ4n) is 2.02. The Bertz CT molecular complexity index is 497. The zero-order chi connectivity index (χ0) is 11.7. The average Bonchev–Trinajstić information content (AvgIpc) is 2.55. The molecule has 2 rings (SSSR count). The lowest BCUT2D eigenvalue weighted by molar-refractivity contribution is 0.832. The largest absolute Gasteiger partial charge is 0.238 e. The van der Waals surface area contributed by atoms with Gasteiger partial charge in [-0.15, -0.1) is 0 Å². The van der Waals surface area contributed by atoms with Crippen molar-refractivity contribution < 1.29 is 0 Å². The van der Waals surface area contributed by atoms with Crippen molar-refractivity contribution in [3.05, 3.63) is 45.7 Å². The minimum Gasteiger partial charge on any atom is -0.238 e. The van der Waals surface area contributed by atoms with Crippen LogP contribution in [-0.2, 0) is 6.42 Å². The topological polar surface area (TPSA) is 17.8 Å². The van der Waals surface area contributed by atoms with Crippen molar-refractivity contribution in [2.75, 3.05) is 0 Å². The fourth-order valence-corrected chi connectivity index (χ4v) is 2.28. The first kappa shape index (κ1) is 11.4. The zero-order valence-corrected chi connectivity index (χ0v) is 11.4. The predicted octanol–water partition coefficient (Wildman–Crippen LogP) is 3.81. The Balaban J connectivity index is 2.52. The summed E-state index contributed by atoms with van der Waals surface area (Å²) in [6, 6.07) is 8.22. The third-order valence-corrected chi connectivity index (χ3v) is 3.39. The van der Waals surface area contributed by atoms with Crippen molar-refractivity contribution in [3.8, 4) is 5.69 Å². The molecular formula is C13H15BrN2. The van der Waals surface area contributed by atoms with Gasteiger partial charge in [-0.1, -0.05) is 22.9 Å². The van der Waals surface area contributed by atoms with Gasteiger partial charge in [0.05, 0.1) is 11.4 Å². The Hall–Kier alpha value is -1.09. The maximum atomic E-state index is 4.58. The molecular weight excluding hydrogens is 264 g/mol. The first-order chi connectivity index (χ1) is 7.63. The van der Waals surface area contributed by atoms with E-state index in [4.69, 9.17) is 0 Å². The van der Waals surface area contributed by atoms with Gasteiger partial charge < -0.3 is 0 Å². The third kappa shape index (κ3) is 1.92. The maximum absolute atomic E-state index is 4.58. The molecule has 0 aliphatic carbocycles. The predicted molar refractivity (Wildman–Crippen MR) is 70.1 cm³/mol. The molecule has 0 aliphatic rings. The molecule has 2 aromatic rings. The molecule has 0 radical (unpaired) electrons. The van der Waals surface area contributed by atoms with Crippen LogP contribution in [0.15, 0.2) is 28.7 Å². The summed E-state index contributed by atoms with van der Waals surface area (Å²) in [5, 5.41) is 4.58. The molecule has 0 saturated heterocycles. The van der Waals surface area contributed by atoms with Gasteiger partial charge in [0.1, 0.15) is 0 Å². The summed E-state index contributed by atoms with van der Waals surface area (Å²) in [7, 11) is 0. The number of aromatic nitrogens is 2. The molecule has 0 unspecified atom stereocenters. The van der Waals surface area contributed by atoms with E-state index in [0.717, 1.165) is 22.3 Å². The van der Waals surface area contributed by atoms with Crippen LogP contribution in [0.4, 0.5) is 0 Å². The Morgan fingerprint density at radius 2 is 1.81 bits per heavy atom. The Morgan fingerprint density at radius 3 is 2.31 bits per heavy atom. The van der Waals surface area contributed by atoms with E-state index in [0.29, 0.717) is 0 Å². The molecule has 0 N–H and O–H groups in total. The van der Waals surface area contributed by atoms with E-state index in [1.54, 1.807) is 0 Å². The molecule has 1 aromatic heterocycles. The number of benzene rings is 1. The minimum absolute atomic E-state index is 1.04. The lowest BCUT2D eigenvalue weighted by Gasteiger charge is -2.04. The molecule has 0 bridgehead atoms. The molecule has 1 heterocycles. The molecule has 3 heteroatoms. The minimum atomic E-state index is 1.04. The number of nitrogens with zero attached hydrogens (tertiary/aromatic N) is 2. The molecule has 84 valence electrons. The van der Waals surface area contributed by atoms with E-state index in [9.17, 15) is 0 Å². The van der Waals surface area contributed by atoms with Crippen LogP contribution in [0.25, 0.3) is 5.69 Å². The zero-order valence-electron chi connectivity index (χ0n) is 9.79. The van der Waals surface area contributed by atoms with Gasteiger partial charge >= 0.3 is 0 Å². The highest BCUT2D eigenvalue weighted by Crippen LogP contribution is 2.19. The summed E-state index contributed by atoms with van der Waals surface area (Å²) < 4.78 is 3.11. The molecule has 0 saturated carbocycles. The molecule has 0 aliphatic heterocycles. The summed E-state index contributed by atoms with van der Waals surface area (Å²) >= 11 is 3.44. The lowest BCUT2D eigenvalue weighted by atomic mass is 10.1. The average molecular weight is 279 g/mol. The SMILES string of the molecule is CCc1c(C)nn(-c2ccc(Br)cc2)c1C. The molecule has 0 amide bonds. The van der Waals surface area contributed by atoms with Gasteiger partial charge in [0.15, 0.2) is 0 Å². The highest BCUT2D eigenvalue weighted by atomic mass is 79.9. The summed E-state index contributed by atoms with van der Waals surface area (Å²) in [5.41, 5.74) is 4.83. The van der Waals surface area contributed by atoms with Gasteiger partial charge in [-0.2, -0.15) is 5.10 Å². The molecule has 0 atom stereocenters. The van der Waals surface area contributed by atoms with E-state index in [1.165, 1.54) is 11.3 Å². The second-order valence-corrected chi connectivity index (χ2v) is 4.81. The summed E-state index contributed by atoms with van der Waals surface area (Å²) in [6.07, 6.45) is 1.04. The van der Waals surface area contributed by atoms with Crippen LogP contribution < -0.4 is 0 Å². The Kier molecular flexibility index (Phi) is 3.15. The van der Waals surface area contributed by atoms with Gasteiger partial charge in [0, 0.05) is 10.2 Å². The molecule has 16 heavy (non-hydrogen) atoms. The van der Waals surface area contributed by atoms with Crippen molar-refractivity contribution in [1.82, 2.24) is 9.78 Å². The third-order valence-electron chi connectivity index (χ3n) is 2.87. The monoisotopic (exact) mass is 278 g/mol. The fraction of sp³-hybridized carbons (Fsp3) is 0.308. The smallest absolute Gasteiger partial charge is 0.0649 e. The Labute approximate surface area is 104 Å². The van der Waals surface area contributed by atoms with Gasteiger partial charge in [-0.05, 0) is 50.1 Å². The number of rotatable bonds is 2. The number of hydrogen-bond acceptors (Lipinski definition) is 1. The molecule has 0 spiro atoms. The van der Waals surface area contributed by atoms with E-state index < -0.39 is 0 Å². The van der Waals surface area contributed by atoms with Crippen LogP contribution in [0.5, 0.6) is 0 Å². The Morgan fingerprint density at radius 1 is 1.19 bits per heavy atom.